The van der Waals surface area contributed by atoms with Crippen molar-refractivity contribution >= 4 is 23.3 Å². The fraction of sp³-hybridized carbons (Fsp3) is 0.381. The number of para-hydroxylation sites is 1. The van der Waals surface area contributed by atoms with Crippen molar-refractivity contribution in [2.24, 2.45) is 0 Å². The second kappa shape index (κ2) is 8.66. The van der Waals surface area contributed by atoms with Crippen molar-refractivity contribution < 1.29 is 14.3 Å². The van der Waals surface area contributed by atoms with E-state index in [4.69, 9.17) is 4.74 Å². The number of aromatic nitrogens is 1. The summed E-state index contributed by atoms with van der Waals surface area (Å²) in [6, 6.07) is 9.16. The first kappa shape index (κ1) is 18.9. The maximum atomic E-state index is 13.0. The Balaban J connectivity index is 1.82. The number of hydrogen-bond acceptors (Lipinski definition) is 5. The van der Waals surface area contributed by atoms with Gasteiger partial charge in [0.2, 0.25) is 0 Å². The maximum absolute atomic E-state index is 13.0. The summed E-state index contributed by atoms with van der Waals surface area (Å²) in [5.74, 6) is -0.406. The van der Waals surface area contributed by atoms with Gasteiger partial charge in [-0.1, -0.05) is 19.1 Å². The molecule has 142 valence electrons. The molecule has 6 nitrogen and oxygen atoms in total. The van der Waals surface area contributed by atoms with E-state index in [1.165, 1.54) is 13.5 Å². The van der Waals surface area contributed by atoms with Crippen molar-refractivity contribution in [2.45, 2.75) is 38.6 Å². The largest absolute Gasteiger partial charge is 0.465 e. The quantitative estimate of drug-likeness (QED) is 0.808. The molecule has 0 saturated carbocycles. The Kier molecular flexibility index (Phi) is 6.06. The second-order valence-corrected chi connectivity index (χ2v) is 6.68. The highest BCUT2D eigenvalue weighted by Gasteiger charge is 2.26. The number of amides is 1. The van der Waals surface area contributed by atoms with E-state index in [1.54, 1.807) is 36.7 Å². The molecule has 1 saturated heterocycles. The number of nitrogens with one attached hydrogen (secondary N) is 1. The lowest BCUT2D eigenvalue weighted by molar-refractivity contribution is 0.0596. The van der Waals surface area contributed by atoms with Gasteiger partial charge in [0.15, 0.2) is 0 Å². The van der Waals surface area contributed by atoms with E-state index < -0.39 is 5.97 Å². The van der Waals surface area contributed by atoms with Crippen LogP contribution in [0.3, 0.4) is 0 Å². The van der Waals surface area contributed by atoms with E-state index >= 15 is 0 Å². The lowest BCUT2D eigenvalue weighted by Crippen LogP contribution is -2.43. The van der Waals surface area contributed by atoms with Gasteiger partial charge < -0.3 is 15.0 Å². The van der Waals surface area contributed by atoms with Crippen LogP contribution >= 0.6 is 0 Å². The molecule has 27 heavy (non-hydrogen) atoms. The minimum Gasteiger partial charge on any atom is -0.465 e. The smallest absolute Gasteiger partial charge is 0.339 e. The van der Waals surface area contributed by atoms with Crippen LogP contribution in [0.25, 0.3) is 0 Å². The Morgan fingerprint density at radius 1 is 1.26 bits per heavy atom. The van der Waals surface area contributed by atoms with Crippen LogP contribution in [0.15, 0.2) is 42.7 Å². The van der Waals surface area contributed by atoms with Gasteiger partial charge in [0, 0.05) is 18.8 Å². The molecule has 0 spiro atoms. The summed E-state index contributed by atoms with van der Waals surface area (Å²) < 4.78 is 4.82. The minimum absolute atomic E-state index is 0.0129. The minimum atomic E-state index is -0.419. The lowest BCUT2D eigenvalue weighted by atomic mass is 9.99. The average Bonchev–Trinajstić information content (AvgIpc) is 2.73. The number of methoxy groups -OCH3 is 1. The molecule has 1 N–H and O–H groups in total. The van der Waals surface area contributed by atoms with Crippen LogP contribution in [0.4, 0.5) is 11.4 Å². The number of rotatable bonds is 5. The number of benzene rings is 1. The van der Waals surface area contributed by atoms with Crippen LogP contribution in [-0.2, 0) is 4.74 Å². The predicted molar refractivity (Wildman–Crippen MR) is 104 cm³/mol. The van der Waals surface area contributed by atoms with Crippen LogP contribution in [-0.4, -0.2) is 41.5 Å². The zero-order valence-corrected chi connectivity index (χ0v) is 15.8. The van der Waals surface area contributed by atoms with Crippen molar-refractivity contribution in [2.75, 3.05) is 19.0 Å². The highest BCUT2D eigenvalue weighted by Crippen LogP contribution is 2.24. The molecule has 2 heterocycles. The van der Waals surface area contributed by atoms with Gasteiger partial charge in [-0.15, -0.1) is 0 Å². The van der Waals surface area contributed by atoms with Gasteiger partial charge in [0.1, 0.15) is 0 Å². The highest BCUT2D eigenvalue weighted by atomic mass is 16.5. The molecule has 3 rings (SSSR count). The van der Waals surface area contributed by atoms with Gasteiger partial charge in [0.25, 0.3) is 5.91 Å². The molecular formula is C21H25N3O3. The molecule has 1 aromatic heterocycles. The standard InChI is InChI=1S/C21H25N3O3/c1-3-17-8-6-7-11-24(17)20(25)15-12-16(14-22-13-15)23-19-10-5-4-9-18(19)21(26)27-2/h4-5,9-10,12-14,17,23H,3,6-8,11H2,1-2H3. The van der Waals surface area contributed by atoms with Gasteiger partial charge in [-0.3, -0.25) is 9.78 Å². The molecule has 1 aliphatic heterocycles. The van der Waals surface area contributed by atoms with E-state index in [2.05, 4.69) is 17.2 Å². The van der Waals surface area contributed by atoms with Gasteiger partial charge >= 0.3 is 5.97 Å². The molecule has 1 aliphatic rings. The summed E-state index contributed by atoms with van der Waals surface area (Å²) in [5, 5.41) is 3.18. The van der Waals surface area contributed by atoms with Crippen molar-refractivity contribution in [3.05, 3.63) is 53.9 Å². The first-order chi connectivity index (χ1) is 13.1. The van der Waals surface area contributed by atoms with Crippen molar-refractivity contribution in [1.82, 2.24) is 9.88 Å². The number of carbonyl (C=O) groups is 2. The van der Waals surface area contributed by atoms with E-state index in [0.717, 1.165) is 25.8 Å². The first-order valence-corrected chi connectivity index (χ1v) is 9.34. The summed E-state index contributed by atoms with van der Waals surface area (Å²) in [5.41, 5.74) is 2.25. The zero-order valence-electron chi connectivity index (χ0n) is 15.8. The molecule has 2 aromatic rings. The fourth-order valence-corrected chi connectivity index (χ4v) is 3.52. The SMILES string of the molecule is CCC1CCCCN1C(=O)c1cncc(Nc2ccccc2C(=O)OC)c1. The monoisotopic (exact) mass is 367 g/mol. The van der Waals surface area contributed by atoms with Crippen LogP contribution in [0.5, 0.6) is 0 Å². The third-order valence-corrected chi connectivity index (χ3v) is 4.96. The van der Waals surface area contributed by atoms with Gasteiger partial charge in [-0.05, 0) is 43.9 Å². The highest BCUT2D eigenvalue weighted by molar-refractivity contribution is 5.97. The van der Waals surface area contributed by atoms with Gasteiger partial charge in [-0.25, -0.2) is 4.79 Å². The topological polar surface area (TPSA) is 71.5 Å². The molecule has 1 unspecified atom stereocenters. The molecule has 0 radical (unpaired) electrons. The Morgan fingerprint density at radius 2 is 2.07 bits per heavy atom. The maximum Gasteiger partial charge on any atom is 0.339 e. The summed E-state index contributed by atoms with van der Waals surface area (Å²) in [6.07, 6.45) is 7.47. The second-order valence-electron chi connectivity index (χ2n) is 6.68. The normalized spacial score (nSPS) is 16.7. The third-order valence-electron chi connectivity index (χ3n) is 4.96. The number of anilines is 2. The van der Waals surface area contributed by atoms with Gasteiger partial charge in [-0.2, -0.15) is 0 Å². The Labute approximate surface area is 159 Å². The Morgan fingerprint density at radius 3 is 2.85 bits per heavy atom. The van der Waals surface area contributed by atoms with Crippen LogP contribution in [0.1, 0.15) is 53.3 Å². The molecular weight excluding hydrogens is 342 g/mol. The number of piperidine rings is 1. The van der Waals surface area contributed by atoms with E-state index in [1.807, 2.05) is 11.0 Å². The third kappa shape index (κ3) is 4.27. The first-order valence-electron chi connectivity index (χ1n) is 9.34. The average molecular weight is 367 g/mol. The molecule has 1 aromatic carbocycles. The fourth-order valence-electron chi connectivity index (χ4n) is 3.52. The summed E-state index contributed by atoms with van der Waals surface area (Å²) in [7, 11) is 1.35. The number of ether oxygens (including phenoxy) is 1. The number of nitrogens with zero attached hydrogens (tertiary/aromatic N) is 2. The number of esters is 1. The number of likely N-dealkylation sites (tertiary alicyclic amines) is 1. The van der Waals surface area contributed by atoms with E-state index in [0.29, 0.717) is 28.5 Å². The molecule has 6 heteroatoms. The molecule has 1 atom stereocenters. The number of pyridine rings is 1. The molecule has 1 amide bonds. The summed E-state index contributed by atoms with van der Waals surface area (Å²) in [4.78, 5) is 31.1. The molecule has 0 bridgehead atoms. The molecule has 1 fully saturated rings. The van der Waals surface area contributed by atoms with Gasteiger partial charge in [0.05, 0.1) is 35.8 Å². The van der Waals surface area contributed by atoms with E-state index in [9.17, 15) is 9.59 Å². The number of carbonyl (C=O) groups excluding carboxylic acids is 2. The van der Waals surface area contributed by atoms with Crippen molar-refractivity contribution in [3.63, 3.8) is 0 Å². The van der Waals surface area contributed by atoms with Crippen LogP contribution in [0, 0.1) is 0 Å². The number of hydrogen-bond donors (Lipinski definition) is 1. The summed E-state index contributed by atoms with van der Waals surface area (Å²) >= 11 is 0. The zero-order chi connectivity index (χ0) is 19.2. The van der Waals surface area contributed by atoms with Crippen molar-refractivity contribution in [1.29, 1.82) is 0 Å². The van der Waals surface area contributed by atoms with Crippen molar-refractivity contribution in [3.8, 4) is 0 Å². The predicted octanol–water partition coefficient (Wildman–Crippen LogP) is 4.02. The summed E-state index contributed by atoms with van der Waals surface area (Å²) in [6.45, 7) is 2.91. The van der Waals surface area contributed by atoms with Crippen LogP contribution < -0.4 is 5.32 Å². The Bertz CT molecular complexity index is 822. The van der Waals surface area contributed by atoms with Crippen LogP contribution in [0.2, 0.25) is 0 Å². The molecule has 0 aliphatic carbocycles. The lowest BCUT2D eigenvalue weighted by Gasteiger charge is -2.35. The Hall–Kier alpha value is -2.89. The van der Waals surface area contributed by atoms with E-state index in [-0.39, 0.29) is 5.91 Å².